The van der Waals surface area contributed by atoms with Gasteiger partial charge in [-0.3, -0.25) is 4.79 Å². The summed E-state index contributed by atoms with van der Waals surface area (Å²) in [6.45, 7) is 19.3. The zero-order valence-electron chi connectivity index (χ0n) is 23.8. The van der Waals surface area contributed by atoms with E-state index in [1.54, 1.807) is 6.92 Å². The van der Waals surface area contributed by atoms with Crippen LogP contribution < -0.4 is 0 Å². The van der Waals surface area contributed by atoms with Crippen LogP contribution >= 0.6 is 0 Å². The fraction of sp³-hybridized carbons (Fsp3) is 0.969. The Morgan fingerprint density at radius 2 is 1.50 bits per heavy atom. The van der Waals surface area contributed by atoms with Crippen molar-refractivity contribution in [3.8, 4) is 0 Å². The molecule has 0 aromatic carbocycles. The zero-order valence-corrected chi connectivity index (χ0v) is 23.8. The van der Waals surface area contributed by atoms with Crippen molar-refractivity contribution in [3.63, 3.8) is 0 Å². The third-order valence-corrected chi connectivity index (χ3v) is 13.5. The highest BCUT2D eigenvalue weighted by atomic mass is 16.5. The Balaban J connectivity index is 1.37. The van der Waals surface area contributed by atoms with Gasteiger partial charge in [0, 0.05) is 12.3 Å². The molecule has 2 spiro atoms. The first-order chi connectivity index (χ1) is 15.8. The molecule has 5 aliphatic rings. The lowest BCUT2D eigenvalue weighted by Gasteiger charge is -2.63. The van der Waals surface area contributed by atoms with E-state index in [2.05, 4.69) is 48.5 Å². The van der Waals surface area contributed by atoms with Gasteiger partial charge in [-0.05, 0) is 109 Å². The highest BCUT2D eigenvalue weighted by molar-refractivity contribution is 5.66. The first-order valence-corrected chi connectivity index (χ1v) is 15.0. The molecule has 0 amide bonds. The van der Waals surface area contributed by atoms with E-state index in [1.165, 1.54) is 70.6 Å². The molecule has 7 unspecified atom stereocenters. The quantitative estimate of drug-likeness (QED) is 0.362. The van der Waals surface area contributed by atoms with Crippen LogP contribution in [0.25, 0.3) is 0 Å². The molecule has 0 radical (unpaired) electrons. The van der Waals surface area contributed by atoms with E-state index >= 15 is 0 Å². The second-order valence-electron chi connectivity index (χ2n) is 15.4. The number of ether oxygens (including phenoxy) is 1. The maximum absolute atomic E-state index is 11.8. The smallest absolute Gasteiger partial charge is 0.302 e. The minimum Gasteiger partial charge on any atom is -0.462 e. The van der Waals surface area contributed by atoms with Crippen LogP contribution in [0.3, 0.4) is 0 Å². The minimum absolute atomic E-state index is 0.0892. The van der Waals surface area contributed by atoms with Crippen LogP contribution in [-0.2, 0) is 9.53 Å². The molecule has 2 heteroatoms. The van der Waals surface area contributed by atoms with Crippen LogP contribution in [0.2, 0.25) is 0 Å². The predicted octanol–water partition coefficient (Wildman–Crippen LogP) is 8.82. The van der Waals surface area contributed by atoms with Gasteiger partial charge in [0.15, 0.2) is 0 Å². The van der Waals surface area contributed by atoms with Crippen molar-refractivity contribution in [1.29, 1.82) is 0 Å². The summed E-state index contributed by atoms with van der Waals surface area (Å²) in [5, 5.41) is 0. The molecule has 0 aromatic rings. The summed E-state index contributed by atoms with van der Waals surface area (Å²) in [5.41, 5.74) is 2.30. The Bertz CT molecular complexity index is 814. The lowest BCUT2D eigenvalue weighted by atomic mass is 9.41. The molecule has 2 nitrogen and oxygen atoms in total. The lowest BCUT2D eigenvalue weighted by Crippen LogP contribution is -2.58. The monoisotopic (exact) mass is 470 g/mol. The van der Waals surface area contributed by atoms with Gasteiger partial charge in [-0.25, -0.2) is 0 Å². The van der Waals surface area contributed by atoms with Crippen molar-refractivity contribution < 1.29 is 9.53 Å². The number of fused-ring (bicyclic) bond motifs is 2. The molecule has 194 valence electrons. The fourth-order valence-corrected chi connectivity index (χ4v) is 11.7. The Kier molecular flexibility index (Phi) is 5.90. The van der Waals surface area contributed by atoms with Crippen molar-refractivity contribution in [2.24, 2.45) is 56.7 Å². The number of carbonyl (C=O) groups is 1. The standard InChI is InChI=1S/C32H54O2/c1-21(2)10-9-11-22(3)24-14-16-30(8)26-13-12-25-28(5,6)27(34-23(4)33)15-17-31(25)20-32(26,31)19-18-29(24,30)7/h21-22,24-27H,9-20H2,1-8H3/t22?,24?,25-,26?,27?,29?,30-,31?,32?/m0/s1. The van der Waals surface area contributed by atoms with E-state index in [0.717, 1.165) is 36.0 Å². The average molecular weight is 471 g/mol. The van der Waals surface area contributed by atoms with Crippen LogP contribution in [0.1, 0.15) is 132 Å². The molecule has 5 saturated carbocycles. The summed E-state index contributed by atoms with van der Waals surface area (Å²) >= 11 is 0. The van der Waals surface area contributed by atoms with E-state index < -0.39 is 0 Å². The van der Waals surface area contributed by atoms with Crippen molar-refractivity contribution in [2.45, 2.75) is 139 Å². The summed E-state index contributed by atoms with van der Waals surface area (Å²) in [4.78, 5) is 11.8. The van der Waals surface area contributed by atoms with Gasteiger partial charge in [-0.15, -0.1) is 0 Å². The fourth-order valence-electron chi connectivity index (χ4n) is 11.7. The van der Waals surface area contributed by atoms with Gasteiger partial charge in [0.05, 0.1) is 0 Å². The number of carbonyl (C=O) groups excluding carboxylic acids is 1. The summed E-state index contributed by atoms with van der Waals surface area (Å²) < 4.78 is 5.91. The van der Waals surface area contributed by atoms with Crippen LogP contribution in [0.5, 0.6) is 0 Å². The van der Waals surface area contributed by atoms with Crippen molar-refractivity contribution in [1.82, 2.24) is 0 Å². The number of rotatable bonds is 6. The first-order valence-electron chi connectivity index (χ1n) is 15.0. The maximum Gasteiger partial charge on any atom is 0.302 e. The van der Waals surface area contributed by atoms with Crippen LogP contribution in [0.4, 0.5) is 0 Å². The Morgan fingerprint density at radius 1 is 0.824 bits per heavy atom. The van der Waals surface area contributed by atoms with Gasteiger partial charge in [0.2, 0.25) is 0 Å². The van der Waals surface area contributed by atoms with Crippen molar-refractivity contribution in [3.05, 3.63) is 0 Å². The molecule has 0 N–H and O–H groups in total. The summed E-state index contributed by atoms with van der Waals surface area (Å²) in [7, 11) is 0. The van der Waals surface area contributed by atoms with E-state index in [0.29, 0.717) is 21.7 Å². The summed E-state index contributed by atoms with van der Waals surface area (Å²) in [5.74, 6) is 4.20. The molecule has 5 fully saturated rings. The molecule has 0 heterocycles. The average Bonchev–Trinajstić information content (AvgIpc) is 3.32. The lowest BCUT2D eigenvalue weighted by molar-refractivity contribution is -0.181. The van der Waals surface area contributed by atoms with Crippen LogP contribution in [-0.4, -0.2) is 12.1 Å². The van der Waals surface area contributed by atoms with E-state index in [9.17, 15) is 4.79 Å². The Hall–Kier alpha value is -0.530. The zero-order chi connectivity index (χ0) is 24.7. The number of hydrogen-bond donors (Lipinski definition) is 0. The molecule has 9 atom stereocenters. The molecular weight excluding hydrogens is 416 g/mol. The SMILES string of the molecule is CC(=O)OC1CCC23CC24CCC2(C)C(C(C)CCCC(C)C)CC[C@@]2(C)C4CC[C@H]3C1(C)C. The van der Waals surface area contributed by atoms with E-state index in [1.807, 2.05) is 0 Å². The van der Waals surface area contributed by atoms with Gasteiger partial charge >= 0.3 is 5.97 Å². The van der Waals surface area contributed by atoms with E-state index in [-0.39, 0.29) is 17.5 Å². The minimum atomic E-state index is -0.0892. The van der Waals surface area contributed by atoms with Crippen LogP contribution in [0.15, 0.2) is 0 Å². The second kappa shape index (κ2) is 7.98. The normalized spacial score (nSPS) is 49.4. The third-order valence-electron chi connectivity index (χ3n) is 13.5. The molecule has 5 rings (SSSR count). The molecule has 34 heavy (non-hydrogen) atoms. The highest BCUT2D eigenvalue weighted by Crippen LogP contribution is 2.89. The highest BCUT2D eigenvalue weighted by Gasteiger charge is 2.82. The van der Waals surface area contributed by atoms with Crippen LogP contribution in [0, 0.1) is 56.7 Å². The maximum atomic E-state index is 11.8. The number of hydrogen-bond acceptors (Lipinski definition) is 2. The first kappa shape index (κ1) is 25.1. The van der Waals surface area contributed by atoms with Gasteiger partial charge in [-0.1, -0.05) is 67.7 Å². The molecule has 0 bridgehead atoms. The van der Waals surface area contributed by atoms with Gasteiger partial charge < -0.3 is 4.74 Å². The topological polar surface area (TPSA) is 26.3 Å². The van der Waals surface area contributed by atoms with E-state index in [4.69, 9.17) is 4.74 Å². The molecule has 5 aliphatic carbocycles. The summed E-state index contributed by atoms with van der Waals surface area (Å²) in [6.07, 6.45) is 16.9. The van der Waals surface area contributed by atoms with Gasteiger partial charge in [-0.2, -0.15) is 0 Å². The van der Waals surface area contributed by atoms with Crippen molar-refractivity contribution >= 4 is 5.97 Å². The molecular formula is C32H54O2. The van der Waals surface area contributed by atoms with Crippen molar-refractivity contribution in [2.75, 3.05) is 0 Å². The summed E-state index contributed by atoms with van der Waals surface area (Å²) in [6, 6.07) is 0. The Morgan fingerprint density at radius 3 is 2.18 bits per heavy atom. The molecule has 0 aliphatic heterocycles. The molecule has 0 aromatic heterocycles. The number of esters is 1. The largest absolute Gasteiger partial charge is 0.462 e. The van der Waals surface area contributed by atoms with Gasteiger partial charge in [0.1, 0.15) is 6.10 Å². The Labute approximate surface area is 210 Å². The van der Waals surface area contributed by atoms with Gasteiger partial charge in [0.25, 0.3) is 0 Å². The third kappa shape index (κ3) is 3.21. The molecule has 0 saturated heterocycles. The second-order valence-corrected chi connectivity index (χ2v) is 15.4. The predicted molar refractivity (Wildman–Crippen MR) is 140 cm³/mol.